The average molecular weight is 531 g/mol. The molecule has 10 heteroatoms. The third-order valence-corrected chi connectivity index (χ3v) is 8.35. The number of rotatable bonds is 3. The van der Waals surface area contributed by atoms with E-state index in [-0.39, 0.29) is 24.4 Å². The minimum absolute atomic E-state index is 0.0669. The highest BCUT2D eigenvalue weighted by Crippen LogP contribution is 2.53. The summed E-state index contributed by atoms with van der Waals surface area (Å²) < 4.78 is 40.0. The van der Waals surface area contributed by atoms with Crippen LogP contribution in [-0.4, -0.2) is 63.1 Å². The molecule has 1 aromatic carbocycles. The monoisotopic (exact) mass is 530 g/mol. The van der Waals surface area contributed by atoms with Crippen molar-refractivity contribution in [3.05, 3.63) is 59.4 Å². The lowest BCUT2D eigenvalue weighted by molar-refractivity contribution is -0.143. The Hall–Kier alpha value is -3.30. The molecular weight excluding hydrogens is 497 g/mol. The molecule has 2 aromatic rings. The van der Waals surface area contributed by atoms with Gasteiger partial charge in [-0.3, -0.25) is 9.78 Å². The van der Waals surface area contributed by atoms with E-state index in [2.05, 4.69) is 9.88 Å². The van der Waals surface area contributed by atoms with Gasteiger partial charge in [-0.2, -0.15) is 13.2 Å². The van der Waals surface area contributed by atoms with Crippen molar-refractivity contribution in [3.63, 3.8) is 0 Å². The Balaban J connectivity index is 1.47. The zero-order chi connectivity index (χ0) is 27.5. The minimum Gasteiger partial charge on any atom is -0.465 e. The Morgan fingerprint density at radius 1 is 1.16 bits per heavy atom. The number of hydrogen-bond donors (Lipinski definition) is 1. The molecule has 2 amide bonds. The maximum atomic E-state index is 14.4. The fraction of sp³-hybridized carbons (Fsp3) is 0.536. The van der Waals surface area contributed by atoms with Gasteiger partial charge in [0.2, 0.25) is 5.91 Å². The molecule has 0 spiro atoms. The van der Waals surface area contributed by atoms with Crippen LogP contribution in [0.4, 0.5) is 23.7 Å². The van der Waals surface area contributed by atoms with Gasteiger partial charge in [0.15, 0.2) is 0 Å². The van der Waals surface area contributed by atoms with Crippen LogP contribution < -0.4 is 4.90 Å². The van der Waals surface area contributed by atoms with E-state index in [1.54, 1.807) is 4.90 Å². The Morgan fingerprint density at radius 2 is 1.87 bits per heavy atom. The smallest absolute Gasteiger partial charge is 0.417 e. The van der Waals surface area contributed by atoms with Gasteiger partial charge in [-0.25, -0.2) is 4.79 Å². The molecule has 1 aliphatic carbocycles. The van der Waals surface area contributed by atoms with Crippen LogP contribution in [0.25, 0.3) is 0 Å². The summed E-state index contributed by atoms with van der Waals surface area (Å²) in [7, 11) is 0. The molecule has 1 saturated carbocycles. The van der Waals surface area contributed by atoms with Gasteiger partial charge in [-0.1, -0.05) is 18.2 Å². The van der Waals surface area contributed by atoms with E-state index in [0.29, 0.717) is 50.2 Å². The van der Waals surface area contributed by atoms with Crippen LogP contribution in [-0.2, 0) is 23.9 Å². The van der Waals surface area contributed by atoms with E-state index in [1.165, 1.54) is 4.90 Å². The van der Waals surface area contributed by atoms with Crippen molar-refractivity contribution in [2.75, 3.05) is 24.5 Å². The van der Waals surface area contributed by atoms with Crippen LogP contribution in [0.1, 0.15) is 50.4 Å². The van der Waals surface area contributed by atoms with Crippen LogP contribution in [0.15, 0.2) is 42.6 Å². The van der Waals surface area contributed by atoms with Crippen molar-refractivity contribution in [1.82, 2.24) is 14.8 Å². The SMILES string of the molecule is CC(C)(C)N(C(=O)O)[C@@H]1C[C@H]2CN(c3ccccc3)C[C@@]2(C(=O)N2CCc3ncc(C(F)(F)F)cc3C2)C1. The molecule has 0 unspecified atom stereocenters. The van der Waals surface area contributed by atoms with E-state index in [0.717, 1.165) is 18.0 Å². The fourth-order valence-electron chi connectivity index (χ4n) is 6.76. The standard InChI is InChI=1S/C28H33F3N4O3/c1-26(2,3)35(25(37)38)22-12-20-16-34(21-7-5-4-6-8-21)17-27(20,13-22)24(36)33-10-9-23-18(15-33)11-19(14-32-23)28(29,30)31/h4-8,11,14,20,22H,9-10,12-13,15-17H2,1-3H3,(H,37,38)/t20-,22+,27-/m0/s1. The maximum Gasteiger partial charge on any atom is 0.417 e. The number of anilines is 1. The summed E-state index contributed by atoms with van der Waals surface area (Å²) in [4.78, 5) is 36.0. The quantitative estimate of drug-likeness (QED) is 0.601. The molecule has 5 rings (SSSR count). The first kappa shape index (κ1) is 26.3. The summed E-state index contributed by atoms with van der Waals surface area (Å²) in [5.74, 6) is -0.184. The third-order valence-electron chi connectivity index (χ3n) is 8.35. The molecule has 38 heavy (non-hydrogen) atoms. The Kier molecular flexibility index (Phi) is 6.35. The number of carboxylic acid groups (broad SMARTS) is 1. The number of benzene rings is 1. The molecule has 2 aliphatic heterocycles. The van der Waals surface area contributed by atoms with Crippen molar-refractivity contribution < 1.29 is 27.9 Å². The summed E-state index contributed by atoms with van der Waals surface area (Å²) in [6, 6.07) is 10.6. The van der Waals surface area contributed by atoms with Gasteiger partial charge in [0.25, 0.3) is 0 Å². The van der Waals surface area contributed by atoms with Crippen molar-refractivity contribution in [1.29, 1.82) is 0 Å². The first-order chi connectivity index (χ1) is 17.8. The average Bonchev–Trinajstić information content (AvgIpc) is 3.37. The normalized spacial score (nSPS) is 25.2. The number of pyridine rings is 1. The van der Waals surface area contributed by atoms with Crippen LogP contribution >= 0.6 is 0 Å². The van der Waals surface area contributed by atoms with Gasteiger partial charge >= 0.3 is 12.3 Å². The molecule has 3 aliphatic rings. The van der Waals surface area contributed by atoms with Gasteiger partial charge in [0.05, 0.1) is 11.0 Å². The summed E-state index contributed by atoms with van der Waals surface area (Å²) in [5.41, 5.74) is -0.279. The number of fused-ring (bicyclic) bond motifs is 2. The van der Waals surface area contributed by atoms with Gasteiger partial charge in [-0.05, 0) is 63.3 Å². The predicted octanol–water partition coefficient (Wildman–Crippen LogP) is 5.05. The van der Waals surface area contributed by atoms with Crippen LogP contribution in [0.3, 0.4) is 0 Å². The molecule has 2 fully saturated rings. The van der Waals surface area contributed by atoms with Crippen LogP contribution in [0, 0.1) is 11.3 Å². The van der Waals surface area contributed by atoms with E-state index in [9.17, 15) is 27.9 Å². The largest absolute Gasteiger partial charge is 0.465 e. The van der Waals surface area contributed by atoms with Gasteiger partial charge in [0, 0.05) is 61.8 Å². The number of halogens is 3. The summed E-state index contributed by atoms with van der Waals surface area (Å²) in [5, 5.41) is 10.1. The molecule has 1 N–H and O–H groups in total. The van der Waals surface area contributed by atoms with Crippen molar-refractivity contribution in [3.8, 4) is 0 Å². The maximum absolute atomic E-state index is 14.4. The summed E-state index contributed by atoms with van der Waals surface area (Å²) in [6.45, 7) is 7.06. The lowest BCUT2D eigenvalue weighted by atomic mass is 9.78. The van der Waals surface area contributed by atoms with Gasteiger partial charge in [0.1, 0.15) is 0 Å². The second kappa shape index (κ2) is 9.17. The number of carbonyl (C=O) groups is 2. The van der Waals surface area contributed by atoms with Crippen LogP contribution in [0.5, 0.6) is 0 Å². The highest BCUT2D eigenvalue weighted by atomic mass is 19.4. The molecule has 0 radical (unpaired) electrons. The molecule has 0 bridgehead atoms. The summed E-state index contributed by atoms with van der Waals surface area (Å²) >= 11 is 0. The Labute approximate surface area is 220 Å². The highest BCUT2D eigenvalue weighted by Gasteiger charge is 2.60. The third kappa shape index (κ3) is 4.58. The molecule has 204 valence electrons. The molecule has 1 saturated heterocycles. The first-order valence-electron chi connectivity index (χ1n) is 13.0. The number of para-hydroxylation sites is 1. The number of hydrogen-bond acceptors (Lipinski definition) is 4. The molecule has 7 nitrogen and oxygen atoms in total. The second-order valence-corrected chi connectivity index (χ2v) is 11.8. The number of alkyl halides is 3. The number of nitrogens with zero attached hydrogens (tertiary/aromatic N) is 4. The number of aromatic nitrogens is 1. The topological polar surface area (TPSA) is 77.0 Å². The highest BCUT2D eigenvalue weighted by molar-refractivity contribution is 5.86. The van der Waals surface area contributed by atoms with E-state index < -0.39 is 28.8 Å². The van der Waals surface area contributed by atoms with E-state index in [1.807, 2.05) is 51.1 Å². The predicted molar refractivity (Wildman–Crippen MR) is 136 cm³/mol. The molecule has 3 heterocycles. The van der Waals surface area contributed by atoms with Crippen LogP contribution in [0.2, 0.25) is 0 Å². The van der Waals surface area contributed by atoms with Crippen molar-refractivity contribution in [2.24, 2.45) is 11.3 Å². The van der Waals surface area contributed by atoms with Crippen molar-refractivity contribution in [2.45, 2.75) is 64.3 Å². The van der Waals surface area contributed by atoms with E-state index >= 15 is 0 Å². The number of carbonyl (C=O) groups excluding carboxylic acids is 1. The summed E-state index contributed by atoms with van der Waals surface area (Å²) in [6.07, 6.45) is -3.34. The number of amides is 2. The van der Waals surface area contributed by atoms with E-state index in [4.69, 9.17) is 0 Å². The fourth-order valence-corrected chi connectivity index (χ4v) is 6.76. The lowest BCUT2D eigenvalue weighted by Gasteiger charge is -2.40. The molecule has 3 atom stereocenters. The van der Waals surface area contributed by atoms with Crippen molar-refractivity contribution >= 4 is 17.7 Å². The zero-order valence-electron chi connectivity index (χ0n) is 21.8. The molecular formula is C28H33F3N4O3. The Bertz CT molecular complexity index is 1230. The molecule has 1 aromatic heterocycles. The minimum atomic E-state index is -4.51. The first-order valence-corrected chi connectivity index (χ1v) is 13.0. The zero-order valence-corrected chi connectivity index (χ0v) is 21.8. The second-order valence-electron chi connectivity index (χ2n) is 11.8. The lowest BCUT2D eigenvalue weighted by Crippen LogP contribution is -2.52. The van der Waals surface area contributed by atoms with Gasteiger partial charge in [-0.15, -0.1) is 0 Å². The Morgan fingerprint density at radius 3 is 2.50 bits per heavy atom. The van der Waals surface area contributed by atoms with Gasteiger partial charge < -0.3 is 19.8 Å².